The minimum absolute atomic E-state index is 0.0379. The molecule has 0 aliphatic rings. The van der Waals surface area contributed by atoms with Gasteiger partial charge in [0.05, 0.1) is 38.7 Å². The van der Waals surface area contributed by atoms with Crippen LogP contribution >= 0.6 is 11.6 Å². The molecule has 0 saturated heterocycles. The third-order valence-electron chi connectivity index (χ3n) is 5.92. The fraction of sp³-hybridized carbons (Fsp3) is 0.185. The molecule has 0 amide bonds. The molecule has 0 aliphatic heterocycles. The van der Waals surface area contributed by atoms with Crippen molar-refractivity contribution in [3.8, 4) is 16.9 Å². The Balaban J connectivity index is 2.04. The summed E-state index contributed by atoms with van der Waals surface area (Å²) in [5.74, 6) is -2.03. The van der Waals surface area contributed by atoms with Gasteiger partial charge in [-0.2, -0.15) is 0 Å². The van der Waals surface area contributed by atoms with E-state index in [1.165, 1.54) is 30.5 Å². The highest BCUT2D eigenvalue weighted by atomic mass is 35.5. The van der Waals surface area contributed by atoms with Crippen LogP contribution in [0.4, 0.5) is 24.5 Å². The van der Waals surface area contributed by atoms with Crippen LogP contribution in [0.1, 0.15) is 36.7 Å². The molecule has 12 heteroatoms. The van der Waals surface area contributed by atoms with E-state index < -0.39 is 34.4 Å². The number of ether oxygens (including phenoxy) is 1. The van der Waals surface area contributed by atoms with Crippen molar-refractivity contribution < 1.29 is 36.6 Å². The summed E-state index contributed by atoms with van der Waals surface area (Å²) >= 11 is 3.54. The first-order valence-electron chi connectivity index (χ1n) is 11.4. The Morgan fingerprint density at radius 3 is 2.28 bits per heavy atom. The molecule has 0 fully saturated rings. The number of carboxylic acids is 1. The Kier molecular flexibility index (Phi) is 7.61. The Morgan fingerprint density at radius 1 is 1.05 bits per heavy atom. The number of carboxylic acid groups (broad SMARTS) is 1. The van der Waals surface area contributed by atoms with Crippen molar-refractivity contribution in [2.45, 2.75) is 32.5 Å². The van der Waals surface area contributed by atoms with Crippen molar-refractivity contribution in [3.05, 3.63) is 83.0 Å². The van der Waals surface area contributed by atoms with Crippen LogP contribution in [0.5, 0.6) is 5.75 Å². The molecule has 1 heterocycles. The molecule has 0 bridgehead atoms. The van der Waals surface area contributed by atoms with E-state index in [1.807, 2.05) is 20.8 Å². The van der Waals surface area contributed by atoms with Gasteiger partial charge in [0.15, 0.2) is 0 Å². The molecule has 7 nitrogen and oxygen atoms in total. The predicted molar refractivity (Wildman–Crippen MR) is 142 cm³/mol. The van der Waals surface area contributed by atoms with Gasteiger partial charge in [0.25, 0.3) is 0 Å². The third kappa shape index (κ3) is 5.85. The number of hydrogen-bond acceptors (Lipinski definition) is 5. The number of rotatable bonds is 6. The number of alkyl halides is 3. The van der Waals surface area contributed by atoms with Crippen LogP contribution in [0.25, 0.3) is 22.0 Å². The summed E-state index contributed by atoms with van der Waals surface area (Å²) in [6.45, 7) is 5.97. The summed E-state index contributed by atoms with van der Waals surface area (Å²) in [6, 6.07) is 14.3. The predicted octanol–water partition coefficient (Wildman–Crippen LogP) is 7.38. The Hall–Kier alpha value is -3.67. The van der Waals surface area contributed by atoms with E-state index in [9.17, 15) is 31.8 Å². The molecular formula is C27H21ClF3N2O5S-. The molecule has 4 aromatic rings. The number of anilines is 2. The first-order chi connectivity index (χ1) is 18.2. The maximum absolute atomic E-state index is 13.2. The van der Waals surface area contributed by atoms with E-state index in [2.05, 4.69) is 9.72 Å². The van der Waals surface area contributed by atoms with Crippen molar-refractivity contribution in [1.82, 2.24) is 4.98 Å². The van der Waals surface area contributed by atoms with Gasteiger partial charge >= 0.3 is 12.3 Å². The zero-order valence-electron chi connectivity index (χ0n) is 20.7. The van der Waals surface area contributed by atoms with Crippen LogP contribution in [-0.2, 0) is 16.7 Å². The molecule has 0 aliphatic carbocycles. The molecule has 0 saturated carbocycles. The zero-order valence-corrected chi connectivity index (χ0v) is 22.3. The van der Waals surface area contributed by atoms with Gasteiger partial charge in [-0.1, -0.05) is 56.6 Å². The lowest BCUT2D eigenvalue weighted by molar-refractivity contribution is -0.274. The number of carbonyl (C=O) groups is 1. The molecule has 204 valence electrons. The topological polar surface area (TPSA) is 103 Å². The van der Waals surface area contributed by atoms with Crippen LogP contribution in [0, 0.1) is 0 Å². The number of halogens is 4. The normalized spacial score (nSPS) is 12.8. The summed E-state index contributed by atoms with van der Waals surface area (Å²) in [4.78, 5) is 15.9. The molecule has 3 aromatic carbocycles. The lowest BCUT2D eigenvalue weighted by Gasteiger charge is -2.30. The highest BCUT2D eigenvalue weighted by Crippen LogP contribution is 2.48. The van der Waals surface area contributed by atoms with E-state index in [0.717, 1.165) is 22.0 Å². The summed E-state index contributed by atoms with van der Waals surface area (Å²) in [5.41, 5.74) is 0.726. The number of aromatic nitrogens is 1. The van der Waals surface area contributed by atoms with Gasteiger partial charge in [0.1, 0.15) is 5.75 Å². The highest BCUT2D eigenvalue weighted by Gasteiger charge is 2.34. The maximum atomic E-state index is 13.2. The van der Waals surface area contributed by atoms with E-state index in [0.29, 0.717) is 0 Å². The second kappa shape index (κ2) is 10.5. The smallest absolute Gasteiger partial charge is 0.573 e. The van der Waals surface area contributed by atoms with Gasteiger partial charge in [0.2, 0.25) is 0 Å². The fourth-order valence-corrected chi connectivity index (χ4v) is 5.05. The lowest BCUT2D eigenvalue weighted by atomic mass is 9.87. The Bertz CT molecular complexity index is 1590. The number of aromatic carboxylic acids is 1. The maximum Gasteiger partial charge on any atom is 0.573 e. The number of hydrogen-bond donors (Lipinski definition) is 1. The monoisotopic (exact) mass is 577 g/mol. The van der Waals surface area contributed by atoms with Gasteiger partial charge in [-0.05, 0) is 52.9 Å². The van der Waals surface area contributed by atoms with E-state index >= 15 is 0 Å². The van der Waals surface area contributed by atoms with Crippen molar-refractivity contribution >= 4 is 51.1 Å². The Morgan fingerprint density at radius 2 is 1.72 bits per heavy atom. The molecule has 39 heavy (non-hydrogen) atoms. The molecule has 0 radical (unpaired) electrons. The van der Waals surface area contributed by atoms with Gasteiger partial charge in [-0.15, -0.1) is 13.2 Å². The Labute approximate surface area is 229 Å². The molecule has 1 unspecified atom stereocenters. The largest absolute Gasteiger partial charge is 0.755 e. The molecule has 1 aromatic heterocycles. The first kappa shape index (κ1) is 28.3. The van der Waals surface area contributed by atoms with E-state index in [4.69, 9.17) is 11.6 Å². The van der Waals surface area contributed by atoms with Crippen LogP contribution in [0.3, 0.4) is 0 Å². The van der Waals surface area contributed by atoms with Crippen molar-refractivity contribution in [3.63, 3.8) is 0 Å². The molecule has 4 rings (SSSR count). The summed E-state index contributed by atoms with van der Waals surface area (Å²) in [6.07, 6.45) is -3.72. The van der Waals surface area contributed by atoms with Gasteiger partial charge < -0.3 is 14.4 Å². The van der Waals surface area contributed by atoms with Crippen LogP contribution in [-0.4, -0.2) is 31.2 Å². The quantitative estimate of drug-likeness (QED) is 0.240. The van der Waals surface area contributed by atoms with E-state index in [-0.39, 0.29) is 44.4 Å². The van der Waals surface area contributed by atoms with Crippen LogP contribution < -0.4 is 9.04 Å². The van der Waals surface area contributed by atoms with E-state index in [1.54, 1.807) is 24.3 Å². The summed E-state index contributed by atoms with van der Waals surface area (Å²) < 4.78 is 69.7. The lowest BCUT2D eigenvalue weighted by Crippen LogP contribution is -2.22. The van der Waals surface area contributed by atoms with Crippen LogP contribution in [0.2, 0.25) is 5.02 Å². The number of nitrogens with zero attached hydrogens (tertiary/aromatic N) is 2. The molecular weight excluding hydrogens is 557 g/mol. The minimum Gasteiger partial charge on any atom is -0.755 e. The second-order valence-electron chi connectivity index (χ2n) is 9.49. The minimum atomic E-state index is -5.08. The number of benzene rings is 3. The average Bonchev–Trinajstić information content (AvgIpc) is 2.84. The number of pyridine rings is 1. The van der Waals surface area contributed by atoms with Crippen molar-refractivity contribution in [2.75, 3.05) is 4.31 Å². The fourth-order valence-electron chi connectivity index (χ4n) is 4.14. The first-order valence-corrected chi connectivity index (χ1v) is 12.8. The van der Waals surface area contributed by atoms with Crippen molar-refractivity contribution in [1.29, 1.82) is 0 Å². The molecule has 0 spiro atoms. The third-order valence-corrected chi connectivity index (χ3v) is 7.00. The summed E-state index contributed by atoms with van der Waals surface area (Å²) in [5, 5.41) is 9.31. The average molecular weight is 578 g/mol. The van der Waals surface area contributed by atoms with Gasteiger partial charge in [-0.3, -0.25) is 13.5 Å². The molecule has 1 atom stereocenters. The zero-order chi connectivity index (χ0) is 28.7. The molecule has 1 N–H and O–H groups in total. The summed E-state index contributed by atoms with van der Waals surface area (Å²) in [7, 11) is 0. The second-order valence-corrected chi connectivity index (χ2v) is 10.7. The van der Waals surface area contributed by atoms with Gasteiger partial charge in [-0.25, -0.2) is 4.79 Å². The standard InChI is InChI=1S/C27H22ClF3N2O5S/c1-26(2,3)15-6-8-16(9-7-15)33(39(36)37)20-12-13-21(38-27(29,30)31)23(28)22(20)17-10-11-19(25(34)35)24-18(17)5-4-14-32-24/h4-14H,1-3H3,(H,34,35)(H,36,37)/p-1. The highest BCUT2D eigenvalue weighted by molar-refractivity contribution is 7.81. The number of fused-ring (bicyclic) bond motifs is 1. The van der Waals surface area contributed by atoms with Crippen LogP contribution in [0.15, 0.2) is 66.9 Å². The SMILES string of the molecule is CC(C)(C)c1ccc(N(c2ccc(OC(F)(F)F)c(Cl)c2-c2ccc(C(=O)O)c3ncccc23)S(=O)[O-])cc1. The van der Waals surface area contributed by atoms with Crippen molar-refractivity contribution in [2.24, 2.45) is 0 Å². The van der Waals surface area contributed by atoms with Gasteiger partial charge in [0, 0.05) is 17.1 Å².